The van der Waals surface area contributed by atoms with Crippen molar-refractivity contribution in [3.8, 4) is 6.07 Å². The van der Waals surface area contributed by atoms with Crippen molar-refractivity contribution in [2.75, 3.05) is 0 Å². The van der Waals surface area contributed by atoms with Crippen LogP contribution >= 0.6 is 55.1 Å². The largest absolute Gasteiger partial charge is 0.292 e. The van der Waals surface area contributed by atoms with Crippen molar-refractivity contribution in [3.05, 3.63) is 66.5 Å². The molecule has 1 unspecified atom stereocenters. The molecule has 0 bridgehead atoms. The molecule has 2 rings (SSSR count). The molecule has 0 aromatic heterocycles. The van der Waals surface area contributed by atoms with Gasteiger partial charge in [0.25, 0.3) is 0 Å². The summed E-state index contributed by atoms with van der Waals surface area (Å²) >= 11 is 18.8. The van der Waals surface area contributed by atoms with Crippen molar-refractivity contribution in [2.45, 2.75) is 5.92 Å². The van der Waals surface area contributed by atoms with Gasteiger partial charge in [-0.1, -0.05) is 61.1 Å². The molecular weight excluding hydrogens is 441 g/mol. The van der Waals surface area contributed by atoms with Crippen molar-refractivity contribution in [3.63, 3.8) is 0 Å². The number of benzene rings is 2. The third-order valence-electron chi connectivity index (χ3n) is 2.88. The first-order chi connectivity index (χ1) is 9.95. The van der Waals surface area contributed by atoms with Crippen LogP contribution in [-0.2, 0) is 0 Å². The minimum Gasteiger partial charge on any atom is -0.292 e. The van der Waals surface area contributed by atoms with E-state index < -0.39 is 5.92 Å². The van der Waals surface area contributed by atoms with Gasteiger partial charge in [0.2, 0.25) is 0 Å². The summed E-state index contributed by atoms with van der Waals surface area (Å²) in [6.07, 6.45) is 0. The zero-order chi connectivity index (χ0) is 15.6. The van der Waals surface area contributed by atoms with Crippen LogP contribution in [-0.4, -0.2) is 5.78 Å². The number of nitriles is 1. The zero-order valence-electron chi connectivity index (χ0n) is 10.4. The fourth-order valence-electron chi connectivity index (χ4n) is 1.89. The lowest BCUT2D eigenvalue weighted by molar-refractivity contribution is 0.0978. The highest BCUT2D eigenvalue weighted by Crippen LogP contribution is 2.35. The van der Waals surface area contributed by atoms with Crippen LogP contribution in [0.2, 0.25) is 10.0 Å². The van der Waals surface area contributed by atoms with Gasteiger partial charge >= 0.3 is 0 Å². The lowest BCUT2D eigenvalue weighted by Crippen LogP contribution is -2.13. The summed E-state index contributed by atoms with van der Waals surface area (Å²) in [7, 11) is 0. The Labute approximate surface area is 148 Å². The average Bonchev–Trinajstić information content (AvgIpc) is 2.42. The summed E-state index contributed by atoms with van der Waals surface area (Å²) in [6.45, 7) is 0. The van der Waals surface area contributed by atoms with Crippen LogP contribution in [0.25, 0.3) is 0 Å². The van der Waals surface area contributed by atoms with E-state index in [-0.39, 0.29) is 5.78 Å². The van der Waals surface area contributed by atoms with Crippen LogP contribution in [0.15, 0.2) is 45.3 Å². The van der Waals surface area contributed by atoms with E-state index in [0.717, 1.165) is 4.47 Å². The first-order valence-corrected chi connectivity index (χ1v) is 8.12. The van der Waals surface area contributed by atoms with Gasteiger partial charge in [0.05, 0.1) is 6.07 Å². The predicted octanol–water partition coefficient (Wildman–Crippen LogP) is 6.01. The maximum Gasteiger partial charge on any atom is 0.185 e. The molecule has 6 heteroatoms. The molecule has 0 fully saturated rings. The Morgan fingerprint density at radius 2 is 1.76 bits per heavy atom. The van der Waals surface area contributed by atoms with Crippen molar-refractivity contribution in [2.24, 2.45) is 0 Å². The van der Waals surface area contributed by atoms with Crippen LogP contribution in [0.1, 0.15) is 21.8 Å². The number of hydrogen-bond donors (Lipinski definition) is 0. The van der Waals surface area contributed by atoms with Gasteiger partial charge in [0.1, 0.15) is 5.92 Å². The van der Waals surface area contributed by atoms with Crippen molar-refractivity contribution < 1.29 is 4.79 Å². The van der Waals surface area contributed by atoms with Crippen molar-refractivity contribution in [1.82, 2.24) is 0 Å². The van der Waals surface area contributed by atoms with E-state index >= 15 is 0 Å². The molecule has 2 nitrogen and oxygen atoms in total. The minimum absolute atomic E-state index is 0.302. The van der Waals surface area contributed by atoms with E-state index in [1.54, 1.807) is 36.4 Å². The summed E-state index contributed by atoms with van der Waals surface area (Å²) in [6, 6.07) is 12.0. The molecule has 2 aromatic rings. The molecule has 0 spiro atoms. The Balaban J connectivity index is 2.52. The number of carbonyl (C=O) groups excluding carboxylic acids is 1. The van der Waals surface area contributed by atoms with E-state index in [1.165, 1.54) is 0 Å². The molecule has 0 amide bonds. The SMILES string of the molecule is N#CC(C(=O)c1ccc(Br)cc1Br)c1c(Cl)cccc1Cl. The fraction of sp³-hybridized carbons (Fsp3) is 0.0667. The second-order valence-electron chi connectivity index (χ2n) is 4.19. The van der Waals surface area contributed by atoms with Gasteiger partial charge in [-0.05, 0) is 30.3 Å². The molecule has 1 atom stereocenters. The Kier molecular flexibility index (Phi) is 5.45. The monoisotopic (exact) mass is 445 g/mol. The third-order valence-corrected chi connectivity index (χ3v) is 4.68. The van der Waals surface area contributed by atoms with E-state index in [0.29, 0.717) is 25.6 Å². The molecule has 0 N–H and O–H groups in total. The first-order valence-electron chi connectivity index (χ1n) is 5.78. The summed E-state index contributed by atoms with van der Waals surface area (Å²) < 4.78 is 1.43. The second kappa shape index (κ2) is 6.93. The molecule has 0 radical (unpaired) electrons. The standard InChI is InChI=1S/C15H7Br2Cl2NO/c16-8-4-5-9(11(17)6-8)15(21)10(7-20)14-12(18)2-1-3-13(14)19/h1-6,10H. The summed E-state index contributed by atoms with van der Waals surface area (Å²) in [5, 5.41) is 10.00. The Morgan fingerprint density at radius 3 is 2.29 bits per heavy atom. The van der Waals surface area contributed by atoms with E-state index in [2.05, 4.69) is 31.9 Å². The average molecular weight is 448 g/mol. The van der Waals surface area contributed by atoms with Crippen LogP contribution in [0.5, 0.6) is 0 Å². The molecule has 2 aromatic carbocycles. The summed E-state index contributed by atoms with van der Waals surface area (Å²) in [5.41, 5.74) is 0.740. The van der Waals surface area contributed by atoms with Gasteiger partial charge in [0.15, 0.2) is 5.78 Å². The smallest absolute Gasteiger partial charge is 0.185 e. The molecule has 106 valence electrons. The number of ketones is 1. The fourth-order valence-corrected chi connectivity index (χ4v) is 3.74. The van der Waals surface area contributed by atoms with Crippen LogP contribution < -0.4 is 0 Å². The molecule has 0 aliphatic rings. The van der Waals surface area contributed by atoms with Gasteiger partial charge in [-0.3, -0.25) is 4.79 Å². The van der Waals surface area contributed by atoms with Gasteiger partial charge in [-0.15, -0.1) is 0 Å². The molecule has 0 aliphatic carbocycles. The van der Waals surface area contributed by atoms with E-state index in [4.69, 9.17) is 23.2 Å². The molecule has 0 saturated carbocycles. The van der Waals surface area contributed by atoms with Gasteiger partial charge in [0, 0.05) is 30.1 Å². The van der Waals surface area contributed by atoms with Gasteiger partial charge in [-0.2, -0.15) is 5.26 Å². The lowest BCUT2D eigenvalue weighted by atomic mass is 9.92. The Bertz CT molecular complexity index is 736. The lowest BCUT2D eigenvalue weighted by Gasteiger charge is -2.13. The van der Waals surface area contributed by atoms with Crippen LogP contribution in [0, 0.1) is 11.3 Å². The molecular formula is C15H7Br2Cl2NO. The summed E-state index contributed by atoms with van der Waals surface area (Å²) in [4.78, 5) is 12.6. The number of carbonyl (C=O) groups is 1. The van der Waals surface area contributed by atoms with Crippen molar-refractivity contribution in [1.29, 1.82) is 5.26 Å². The van der Waals surface area contributed by atoms with E-state index in [9.17, 15) is 10.1 Å². The molecule has 21 heavy (non-hydrogen) atoms. The molecule has 0 saturated heterocycles. The van der Waals surface area contributed by atoms with Crippen LogP contribution in [0.4, 0.5) is 0 Å². The maximum atomic E-state index is 12.6. The normalized spacial score (nSPS) is 11.8. The molecule has 0 heterocycles. The number of halogens is 4. The minimum atomic E-state index is -1.05. The highest BCUT2D eigenvalue weighted by atomic mass is 79.9. The van der Waals surface area contributed by atoms with Crippen molar-refractivity contribution >= 4 is 60.8 Å². The number of nitrogens with zero attached hydrogens (tertiary/aromatic N) is 1. The maximum absolute atomic E-state index is 12.6. The second-order valence-corrected chi connectivity index (χ2v) is 6.77. The number of rotatable bonds is 3. The van der Waals surface area contributed by atoms with Gasteiger partial charge in [-0.25, -0.2) is 0 Å². The molecule has 0 aliphatic heterocycles. The number of hydrogen-bond acceptors (Lipinski definition) is 2. The highest BCUT2D eigenvalue weighted by molar-refractivity contribution is 9.11. The quantitative estimate of drug-likeness (QED) is 0.541. The Morgan fingerprint density at radius 1 is 1.14 bits per heavy atom. The summed E-state index contributed by atoms with van der Waals surface area (Å²) in [5.74, 6) is -1.41. The topological polar surface area (TPSA) is 40.9 Å². The van der Waals surface area contributed by atoms with Crippen LogP contribution in [0.3, 0.4) is 0 Å². The predicted molar refractivity (Wildman–Crippen MR) is 91.0 cm³/mol. The van der Waals surface area contributed by atoms with E-state index in [1.807, 2.05) is 6.07 Å². The third kappa shape index (κ3) is 3.49. The Hall–Kier alpha value is -0.860. The highest BCUT2D eigenvalue weighted by Gasteiger charge is 2.27. The first kappa shape index (κ1) is 16.5. The zero-order valence-corrected chi connectivity index (χ0v) is 15.1. The number of Topliss-reactive ketones (excluding diaryl/α,β-unsaturated/α-hetero) is 1. The van der Waals surface area contributed by atoms with Gasteiger partial charge < -0.3 is 0 Å².